The molecule has 0 amide bonds. The summed E-state index contributed by atoms with van der Waals surface area (Å²) in [6.07, 6.45) is 13.7. The van der Waals surface area contributed by atoms with E-state index in [0.29, 0.717) is 46.8 Å². The molecule has 14 atom stereocenters. The molecule has 0 spiro atoms. The largest absolute Gasteiger partial charge is 0.462 e. The number of rotatable bonds is 11. The summed E-state index contributed by atoms with van der Waals surface area (Å²) in [6, 6.07) is 0. The number of fused-ring (bicyclic) bond motifs is 7. The Bertz CT molecular complexity index is 1400. The molecule has 5 aliphatic rings. The van der Waals surface area contributed by atoms with E-state index in [9.17, 15) is 19.2 Å². The van der Waals surface area contributed by atoms with E-state index in [2.05, 4.69) is 67.5 Å². The molecular weight excluding hydrogens is 656 g/mol. The van der Waals surface area contributed by atoms with Crippen molar-refractivity contribution in [1.82, 2.24) is 0 Å². The summed E-state index contributed by atoms with van der Waals surface area (Å²) >= 11 is 0. The Balaban J connectivity index is 1.36. The standard InChI is InChI=1S/C44H70O8/c1-26(13-14-34(50-29(4)46)39(52-31(6)48)35(51-30(5)47)25-49-28(3)45)32-18-22-41(9)33(32)19-23-43(11)37(41)15-16-38-42(10)21-17-27(2)40(7,8)36(42)20-24-44(38,43)12/h15-16,26-27,32-39H,13-14,17-25H2,1-12H3/t26-,27+,32-,33+,34-,35-,36+,37-,38-,39-,41+,42+,43-,44-/m1/s1. The number of carbonyl (C=O) groups excluding carboxylic acids is 4. The van der Waals surface area contributed by atoms with Crippen molar-refractivity contribution >= 4 is 23.9 Å². The molecule has 0 radical (unpaired) electrons. The van der Waals surface area contributed by atoms with E-state index in [1.807, 2.05) is 0 Å². The molecule has 4 fully saturated rings. The molecule has 0 N–H and O–H groups in total. The summed E-state index contributed by atoms with van der Waals surface area (Å²) in [4.78, 5) is 48.4. The highest BCUT2D eigenvalue weighted by Gasteiger charge is 2.69. The summed E-state index contributed by atoms with van der Waals surface area (Å²) in [6.45, 7) is 25.3. The predicted molar refractivity (Wildman–Crippen MR) is 201 cm³/mol. The first-order valence-corrected chi connectivity index (χ1v) is 20.4. The Labute approximate surface area is 314 Å². The summed E-state index contributed by atoms with van der Waals surface area (Å²) in [7, 11) is 0. The first kappa shape index (κ1) is 40.8. The lowest BCUT2D eigenvalue weighted by atomic mass is 9.33. The fraction of sp³-hybridized carbons (Fsp3) is 0.864. The molecule has 0 saturated heterocycles. The van der Waals surface area contributed by atoms with Crippen LogP contribution < -0.4 is 0 Å². The molecule has 0 heterocycles. The van der Waals surface area contributed by atoms with E-state index < -0.39 is 42.2 Å². The second-order valence-electron chi connectivity index (χ2n) is 19.6. The van der Waals surface area contributed by atoms with E-state index in [1.165, 1.54) is 79.1 Å². The fourth-order valence-electron chi connectivity index (χ4n) is 13.7. The first-order valence-electron chi connectivity index (χ1n) is 20.4. The zero-order valence-electron chi connectivity index (χ0n) is 34.5. The van der Waals surface area contributed by atoms with Crippen molar-refractivity contribution in [3.05, 3.63) is 12.2 Å². The van der Waals surface area contributed by atoms with Crippen LogP contribution in [0.2, 0.25) is 0 Å². The average Bonchev–Trinajstić information content (AvgIpc) is 3.39. The summed E-state index contributed by atoms with van der Waals surface area (Å²) in [5.74, 6) is 1.85. The summed E-state index contributed by atoms with van der Waals surface area (Å²) in [5.41, 5.74) is 1.46. The van der Waals surface area contributed by atoms with Crippen LogP contribution >= 0.6 is 0 Å². The number of esters is 4. The van der Waals surface area contributed by atoms with Gasteiger partial charge in [0, 0.05) is 27.7 Å². The highest BCUT2D eigenvalue weighted by Crippen LogP contribution is 2.76. The van der Waals surface area contributed by atoms with E-state index in [-0.39, 0.29) is 22.9 Å². The smallest absolute Gasteiger partial charge is 0.303 e. The maximum atomic E-state index is 12.4. The Morgan fingerprint density at radius 3 is 1.77 bits per heavy atom. The minimum absolute atomic E-state index is 0.217. The van der Waals surface area contributed by atoms with Gasteiger partial charge in [0.2, 0.25) is 0 Å². The number of allylic oxidation sites excluding steroid dienone is 2. The summed E-state index contributed by atoms with van der Waals surface area (Å²) in [5, 5.41) is 0. The predicted octanol–water partition coefficient (Wildman–Crippen LogP) is 9.27. The van der Waals surface area contributed by atoms with Gasteiger partial charge in [-0.1, -0.05) is 67.5 Å². The molecule has 0 aromatic carbocycles. The molecule has 0 bridgehead atoms. The van der Waals surface area contributed by atoms with E-state index in [1.54, 1.807) is 0 Å². The van der Waals surface area contributed by atoms with Crippen LogP contribution in [0, 0.1) is 68.5 Å². The molecule has 8 heteroatoms. The second-order valence-corrected chi connectivity index (χ2v) is 19.6. The van der Waals surface area contributed by atoms with Gasteiger partial charge in [-0.05, 0) is 133 Å². The van der Waals surface area contributed by atoms with Crippen molar-refractivity contribution in [3.63, 3.8) is 0 Å². The van der Waals surface area contributed by atoms with Gasteiger partial charge in [-0.15, -0.1) is 0 Å². The molecule has 0 aliphatic heterocycles. The van der Waals surface area contributed by atoms with Crippen LogP contribution in [0.1, 0.15) is 147 Å². The van der Waals surface area contributed by atoms with Crippen molar-refractivity contribution in [3.8, 4) is 0 Å². The van der Waals surface area contributed by atoms with Gasteiger partial charge in [-0.3, -0.25) is 19.2 Å². The molecule has 294 valence electrons. The average molecular weight is 727 g/mol. The van der Waals surface area contributed by atoms with Gasteiger partial charge in [-0.25, -0.2) is 0 Å². The molecule has 0 aromatic rings. The van der Waals surface area contributed by atoms with Gasteiger partial charge in [0.15, 0.2) is 12.2 Å². The molecule has 0 unspecified atom stereocenters. The third-order valence-corrected chi connectivity index (χ3v) is 16.7. The highest BCUT2D eigenvalue weighted by molar-refractivity contribution is 5.68. The van der Waals surface area contributed by atoms with Crippen LogP contribution in [0.5, 0.6) is 0 Å². The van der Waals surface area contributed by atoms with Gasteiger partial charge in [-0.2, -0.15) is 0 Å². The normalized spacial score (nSPS) is 41.1. The van der Waals surface area contributed by atoms with Crippen molar-refractivity contribution in [2.75, 3.05) is 6.61 Å². The minimum Gasteiger partial charge on any atom is -0.462 e. The lowest BCUT2D eigenvalue weighted by Gasteiger charge is -2.71. The van der Waals surface area contributed by atoms with Crippen molar-refractivity contribution in [2.45, 2.75) is 166 Å². The number of ether oxygens (including phenoxy) is 4. The number of hydrogen-bond acceptors (Lipinski definition) is 8. The molecule has 8 nitrogen and oxygen atoms in total. The van der Waals surface area contributed by atoms with Crippen molar-refractivity contribution < 1.29 is 38.1 Å². The Hall–Kier alpha value is -2.38. The van der Waals surface area contributed by atoms with E-state index in [0.717, 1.165) is 18.3 Å². The topological polar surface area (TPSA) is 105 Å². The van der Waals surface area contributed by atoms with Crippen molar-refractivity contribution in [2.24, 2.45) is 68.5 Å². The van der Waals surface area contributed by atoms with Gasteiger partial charge in [0.05, 0.1) is 0 Å². The first-order chi connectivity index (χ1) is 24.1. The maximum absolute atomic E-state index is 12.4. The number of hydrogen-bond donors (Lipinski definition) is 0. The highest BCUT2D eigenvalue weighted by atomic mass is 16.6. The zero-order valence-corrected chi connectivity index (χ0v) is 34.5. The van der Waals surface area contributed by atoms with E-state index >= 15 is 0 Å². The van der Waals surface area contributed by atoms with Crippen molar-refractivity contribution in [1.29, 1.82) is 0 Å². The molecule has 5 aliphatic carbocycles. The van der Waals surface area contributed by atoms with Crippen LogP contribution in [-0.2, 0) is 38.1 Å². The molecular formula is C44H70O8. The molecule has 5 rings (SSSR count). The van der Waals surface area contributed by atoms with Gasteiger partial charge in [0.1, 0.15) is 12.7 Å². The van der Waals surface area contributed by atoms with Gasteiger partial charge in [0.25, 0.3) is 0 Å². The van der Waals surface area contributed by atoms with Gasteiger partial charge < -0.3 is 18.9 Å². The van der Waals surface area contributed by atoms with Crippen LogP contribution in [-0.4, -0.2) is 48.8 Å². The van der Waals surface area contributed by atoms with Gasteiger partial charge >= 0.3 is 23.9 Å². The van der Waals surface area contributed by atoms with Crippen LogP contribution in [0.25, 0.3) is 0 Å². The Kier molecular flexibility index (Phi) is 11.5. The quantitative estimate of drug-likeness (QED) is 0.118. The maximum Gasteiger partial charge on any atom is 0.303 e. The third kappa shape index (κ3) is 7.00. The second kappa shape index (κ2) is 14.7. The zero-order chi connectivity index (χ0) is 38.6. The monoisotopic (exact) mass is 727 g/mol. The SMILES string of the molecule is CC(=O)OC[C@@H](OC(C)=O)[C@H](OC(C)=O)[C@@H](CC[C@@H](C)[C@H]1CC[C@]2(C)[C@H]3C=C[C@@H]4[C@@]5(C)CC[C@H](C)C(C)(C)[C@@H]5CC[C@@]4(C)[C@]3(C)CC[C@@H]12)OC(C)=O. The van der Waals surface area contributed by atoms with Crippen LogP contribution in [0.4, 0.5) is 0 Å². The van der Waals surface area contributed by atoms with Crippen LogP contribution in [0.3, 0.4) is 0 Å². The minimum atomic E-state index is -1.11. The molecule has 0 aromatic heterocycles. The fourth-order valence-corrected chi connectivity index (χ4v) is 13.7. The van der Waals surface area contributed by atoms with E-state index in [4.69, 9.17) is 18.9 Å². The third-order valence-electron chi connectivity index (χ3n) is 16.7. The Morgan fingerprint density at radius 2 is 1.19 bits per heavy atom. The van der Waals surface area contributed by atoms with Crippen LogP contribution in [0.15, 0.2) is 12.2 Å². The molecule has 52 heavy (non-hydrogen) atoms. The Morgan fingerprint density at radius 1 is 0.654 bits per heavy atom. The number of carbonyl (C=O) groups is 4. The lowest BCUT2D eigenvalue weighted by Crippen LogP contribution is -2.65. The molecule has 4 saturated carbocycles. The lowest BCUT2D eigenvalue weighted by molar-refractivity contribution is -0.205. The summed E-state index contributed by atoms with van der Waals surface area (Å²) < 4.78 is 22.1.